The lowest BCUT2D eigenvalue weighted by Crippen LogP contribution is -2.28. The summed E-state index contributed by atoms with van der Waals surface area (Å²) in [5.41, 5.74) is 2.67. The Morgan fingerprint density at radius 1 is 1.12 bits per heavy atom. The molecule has 0 bridgehead atoms. The average molecular weight is 496 g/mol. The maximum Gasteiger partial charge on any atom is 0.263 e. The molecule has 2 heterocycles. The Kier molecular flexibility index (Phi) is 6.53. The Hall–Kier alpha value is -2.61. The molecule has 0 atom stereocenters. The van der Waals surface area contributed by atoms with Crippen molar-refractivity contribution >= 4 is 50.8 Å². The van der Waals surface area contributed by atoms with Crippen molar-refractivity contribution < 1.29 is 4.79 Å². The van der Waals surface area contributed by atoms with Gasteiger partial charge in [-0.05, 0) is 30.9 Å². The summed E-state index contributed by atoms with van der Waals surface area (Å²) in [4.78, 5) is 31.5. The van der Waals surface area contributed by atoms with Gasteiger partial charge in [0.05, 0.1) is 11.1 Å². The second kappa shape index (κ2) is 9.71. The van der Waals surface area contributed by atoms with E-state index in [0.29, 0.717) is 39.4 Å². The monoisotopic (exact) mass is 495 g/mol. The molecule has 1 aliphatic rings. The molecule has 1 amide bonds. The van der Waals surface area contributed by atoms with Crippen LogP contribution < -0.4 is 10.9 Å². The zero-order chi connectivity index (χ0) is 22.8. The molecular weight excluding hydrogens is 474 g/mol. The molecule has 1 fully saturated rings. The molecule has 1 aliphatic carbocycles. The quantitative estimate of drug-likeness (QED) is 0.263. The third-order valence-electron chi connectivity index (χ3n) is 5.56. The lowest BCUT2D eigenvalue weighted by atomic mass is 10.1. The van der Waals surface area contributed by atoms with Crippen LogP contribution in [-0.4, -0.2) is 27.3 Å². The third kappa shape index (κ3) is 5.00. The van der Waals surface area contributed by atoms with E-state index in [1.807, 2.05) is 60.0 Å². The summed E-state index contributed by atoms with van der Waals surface area (Å²) in [6.45, 7) is 0.482. The van der Waals surface area contributed by atoms with E-state index in [4.69, 9.17) is 16.6 Å². The van der Waals surface area contributed by atoms with Crippen molar-refractivity contribution in [3.8, 4) is 11.1 Å². The highest BCUT2D eigenvalue weighted by atomic mass is 35.5. The highest BCUT2D eigenvalue weighted by molar-refractivity contribution is 7.99. The van der Waals surface area contributed by atoms with Crippen molar-refractivity contribution in [2.24, 2.45) is 0 Å². The zero-order valence-electron chi connectivity index (χ0n) is 17.8. The first-order valence-corrected chi connectivity index (χ1v) is 13.1. The number of amides is 1. The van der Waals surface area contributed by atoms with Crippen molar-refractivity contribution in [3.05, 3.63) is 80.9 Å². The maximum atomic E-state index is 13.7. The van der Waals surface area contributed by atoms with Gasteiger partial charge in [0.1, 0.15) is 4.83 Å². The smallest absolute Gasteiger partial charge is 0.263 e. The van der Waals surface area contributed by atoms with E-state index in [9.17, 15) is 9.59 Å². The van der Waals surface area contributed by atoms with Crippen molar-refractivity contribution in [1.29, 1.82) is 0 Å². The van der Waals surface area contributed by atoms with Crippen LogP contribution >= 0.6 is 34.7 Å². The number of aromatic nitrogens is 2. The number of hydrogen-bond donors (Lipinski definition) is 1. The normalized spacial score (nSPS) is 13.4. The summed E-state index contributed by atoms with van der Waals surface area (Å²) in [7, 11) is 0. The number of benzene rings is 2. The molecule has 5 nitrogen and oxygen atoms in total. The second-order valence-electron chi connectivity index (χ2n) is 8.03. The van der Waals surface area contributed by atoms with Gasteiger partial charge >= 0.3 is 0 Å². The molecule has 0 saturated heterocycles. The Morgan fingerprint density at radius 3 is 2.64 bits per heavy atom. The van der Waals surface area contributed by atoms with E-state index in [1.54, 1.807) is 4.57 Å². The third-order valence-corrected chi connectivity index (χ3v) is 7.74. The Morgan fingerprint density at radius 2 is 1.88 bits per heavy atom. The summed E-state index contributed by atoms with van der Waals surface area (Å²) in [6, 6.07) is 17.9. The van der Waals surface area contributed by atoms with Gasteiger partial charge in [-0.25, -0.2) is 4.98 Å². The first-order valence-electron chi connectivity index (χ1n) is 10.8. The molecule has 1 saturated carbocycles. The second-order valence-corrected chi connectivity index (χ2v) is 10.2. The number of thiophene rings is 1. The number of rotatable bonds is 8. The van der Waals surface area contributed by atoms with Gasteiger partial charge in [-0.1, -0.05) is 71.9 Å². The number of carbonyl (C=O) groups excluding carboxylic acids is 1. The van der Waals surface area contributed by atoms with Crippen molar-refractivity contribution in [1.82, 2.24) is 14.9 Å². The van der Waals surface area contributed by atoms with Gasteiger partial charge in [-0.15, -0.1) is 11.3 Å². The topological polar surface area (TPSA) is 64.0 Å². The first kappa shape index (κ1) is 22.2. The molecule has 2 aromatic carbocycles. The van der Waals surface area contributed by atoms with Crippen LogP contribution in [0.2, 0.25) is 5.02 Å². The Labute approximate surface area is 204 Å². The van der Waals surface area contributed by atoms with Gasteiger partial charge in [0.15, 0.2) is 5.16 Å². The Bertz CT molecular complexity index is 1360. The summed E-state index contributed by atoms with van der Waals surface area (Å²) in [5, 5.41) is 6.69. The number of nitrogens with one attached hydrogen (secondary N) is 1. The van der Waals surface area contributed by atoms with Gasteiger partial charge in [-0.2, -0.15) is 0 Å². The van der Waals surface area contributed by atoms with Gasteiger partial charge in [-0.3, -0.25) is 14.2 Å². The van der Waals surface area contributed by atoms with Crippen LogP contribution in [0, 0.1) is 0 Å². The minimum Gasteiger partial charge on any atom is -0.353 e. The summed E-state index contributed by atoms with van der Waals surface area (Å²) in [6.07, 6.45) is 2.78. The first-order chi connectivity index (χ1) is 16.1. The highest BCUT2D eigenvalue weighted by Gasteiger charge is 2.24. The van der Waals surface area contributed by atoms with E-state index >= 15 is 0 Å². The number of thioether (sulfide) groups is 1. The minimum atomic E-state index is -0.0998. The predicted molar refractivity (Wildman–Crippen MR) is 136 cm³/mol. The molecule has 5 rings (SSSR count). The summed E-state index contributed by atoms with van der Waals surface area (Å²) in [5.74, 6) is 0.220. The minimum absolute atomic E-state index is 0.0191. The fourth-order valence-corrected chi connectivity index (χ4v) is 5.76. The molecule has 1 N–H and O–H groups in total. The van der Waals surface area contributed by atoms with Crippen LogP contribution in [0.3, 0.4) is 0 Å². The lowest BCUT2D eigenvalue weighted by molar-refractivity contribution is -0.118. The van der Waals surface area contributed by atoms with Gasteiger partial charge < -0.3 is 5.32 Å². The molecule has 33 heavy (non-hydrogen) atoms. The average Bonchev–Trinajstić information content (AvgIpc) is 3.54. The maximum absolute atomic E-state index is 13.7. The summed E-state index contributed by atoms with van der Waals surface area (Å²) < 4.78 is 1.71. The van der Waals surface area contributed by atoms with Gasteiger partial charge in [0.25, 0.3) is 5.56 Å². The highest BCUT2D eigenvalue weighted by Crippen LogP contribution is 2.36. The molecule has 2 aromatic heterocycles. The van der Waals surface area contributed by atoms with Gasteiger partial charge in [0, 0.05) is 34.1 Å². The zero-order valence-corrected chi connectivity index (χ0v) is 20.2. The predicted octanol–water partition coefficient (Wildman–Crippen LogP) is 5.39. The number of halogens is 1. The molecular formula is C25H22ClN3O2S2. The van der Waals surface area contributed by atoms with E-state index in [-0.39, 0.29) is 17.2 Å². The fourth-order valence-electron chi connectivity index (χ4n) is 3.70. The molecule has 0 radical (unpaired) electrons. The van der Waals surface area contributed by atoms with Crippen molar-refractivity contribution in [3.63, 3.8) is 0 Å². The van der Waals surface area contributed by atoms with Crippen LogP contribution in [0.25, 0.3) is 21.3 Å². The molecule has 8 heteroatoms. The SMILES string of the molecule is O=C(CSc1nc2scc(-c3ccccc3Cl)c2c(=O)n1CCc1ccccc1)NC1CC1. The van der Waals surface area contributed by atoms with Crippen LogP contribution in [0.5, 0.6) is 0 Å². The number of nitrogens with zero attached hydrogens (tertiary/aromatic N) is 2. The van der Waals surface area contributed by atoms with Crippen molar-refractivity contribution in [2.45, 2.75) is 37.0 Å². The van der Waals surface area contributed by atoms with E-state index in [1.165, 1.54) is 23.1 Å². The fraction of sp³-hybridized carbons (Fsp3) is 0.240. The standard InChI is InChI=1S/C25H22ClN3O2S2/c26-20-9-5-4-8-18(20)19-14-32-23-22(19)24(31)29(13-12-16-6-2-1-3-7-16)25(28-23)33-15-21(30)27-17-10-11-17/h1-9,14,17H,10-13,15H2,(H,27,30). The molecule has 168 valence electrons. The number of hydrogen-bond acceptors (Lipinski definition) is 5. The van der Waals surface area contributed by atoms with E-state index in [0.717, 1.165) is 29.5 Å². The largest absolute Gasteiger partial charge is 0.353 e. The number of carbonyl (C=O) groups is 1. The van der Waals surface area contributed by atoms with Gasteiger partial charge in [0.2, 0.25) is 5.91 Å². The van der Waals surface area contributed by atoms with Crippen molar-refractivity contribution in [2.75, 3.05) is 5.75 Å². The van der Waals surface area contributed by atoms with Crippen LogP contribution in [-0.2, 0) is 17.8 Å². The molecule has 0 unspecified atom stereocenters. The molecule has 0 spiro atoms. The summed E-state index contributed by atoms with van der Waals surface area (Å²) >= 11 is 9.18. The van der Waals surface area contributed by atoms with E-state index < -0.39 is 0 Å². The molecule has 4 aromatic rings. The van der Waals surface area contributed by atoms with Crippen LogP contribution in [0.15, 0.2) is 69.9 Å². The Balaban J connectivity index is 1.53. The van der Waals surface area contributed by atoms with Crippen LogP contribution in [0.4, 0.5) is 0 Å². The number of aryl methyl sites for hydroxylation is 1. The molecule has 0 aliphatic heterocycles. The van der Waals surface area contributed by atoms with E-state index in [2.05, 4.69) is 5.32 Å². The van der Waals surface area contributed by atoms with Crippen LogP contribution in [0.1, 0.15) is 18.4 Å². The number of fused-ring (bicyclic) bond motifs is 1. The lowest BCUT2D eigenvalue weighted by Gasteiger charge is -2.13.